The van der Waals surface area contributed by atoms with Crippen molar-refractivity contribution in [3.63, 3.8) is 0 Å². The summed E-state index contributed by atoms with van der Waals surface area (Å²) in [6.07, 6.45) is 0. The molecule has 27 heavy (non-hydrogen) atoms. The first-order valence-corrected chi connectivity index (χ1v) is 8.43. The van der Waals surface area contributed by atoms with Gasteiger partial charge in [0.1, 0.15) is 5.82 Å². The molecule has 4 rings (SSSR count). The van der Waals surface area contributed by atoms with E-state index in [2.05, 4.69) is 6.07 Å². The molecule has 1 aliphatic heterocycles. The molecule has 0 saturated carbocycles. The first-order valence-electron chi connectivity index (χ1n) is 8.43. The zero-order valence-corrected chi connectivity index (χ0v) is 14.3. The number of hydrogen-bond acceptors (Lipinski definition) is 3. The number of carbonyl (C=O) groups is 1. The number of anilines is 1. The van der Waals surface area contributed by atoms with Gasteiger partial charge < -0.3 is 10.0 Å². The molecule has 0 unspecified atom stereocenters. The molecule has 0 spiro atoms. The lowest BCUT2D eigenvalue weighted by Gasteiger charge is -2.24. The Hall–Kier alpha value is -3.49. The third-order valence-electron chi connectivity index (χ3n) is 4.81. The Bertz CT molecular complexity index is 1070. The number of fused-ring (bicyclic) bond motifs is 1. The largest absolute Gasteiger partial charge is 0.372 e. The number of carbonyl (C=O) groups excluding carboxylic acids is 1. The van der Waals surface area contributed by atoms with E-state index in [0.717, 1.165) is 5.56 Å². The molecule has 132 valence electrons. The first kappa shape index (κ1) is 17.0. The van der Waals surface area contributed by atoms with Gasteiger partial charge in [-0.2, -0.15) is 5.26 Å². The van der Waals surface area contributed by atoms with Crippen LogP contribution in [0.15, 0.2) is 72.8 Å². The summed E-state index contributed by atoms with van der Waals surface area (Å²) in [7, 11) is 0. The van der Waals surface area contributed by atoms with Crippen LogP contribution in [0.1, 0.15) is 22.3 Å². The maximum absolute atomic E-state index is 13.7. The lowest BCUT2D eigenvalue weighted by atomic mass is 9.87. The summed E-state index contributed by atoms with van der Waals surface area (Å²) in [5.74, 6) is -1.05. The molecule has 1 N–H and O–H groups in total. The number of benzene rings is 3. The normalized spacial score (nSPS) is 18.3. The van der Waals surface area contributed by atoms with Crippen LogP contribution in [-0.4, -0.2) is 11.0 Å². The van der Waals surface area contributed by atoms with Gasteiger partial charge in [-0.05, 0) is 35.9 Å². The molecule has 1 atom stereocenters. The molecular formula is C22H15FN2O2. The van der Waals surface area contributed by atoms with Crippen LogP contribution < -0.4 is 4.90 Å². The monoisotopic (exact) mass is 358 g/mol. The van der Waals surface area contributed by atoms with Crippen molar-refractivity contribution in [2.45, 2.75) is 12.1 Å². The van der Waals surface area contributed by atoms with Crippen molar-refractivity contribution >= 4 is 11.6 Å². The Morgan fingerprint density at radius 2 is 1.78 bits per heavy atom. The van der Waals surface area contributed by atoms with Gasteiger partial charge in [0.15, 0.2) is 5.60 Å². The van der Waals surface area contributed by atoms with Gasteiger partial charge in [-0.15, -0.1) is 0 Å². The van der Waals surface area contributed by atoms with Gasteiger partial charge in [0, 0.05) is 11.1 Å². The number of nitriles is 1. The van der Waals surface area contributed by atoms with Crippen LogP contribution in [0, 0.1) is 17.1 Å². The van der Waals surface area contributed by atoms with Gasteiger partial charge in [0.05, 0.1) is 23.9 Å². The summed E-state index contributed by atoms with van der Waals surface area (Å²) < 4.78 is 13.7. The number of halogens is 1. The minimum atomic E-state index is -1.94. The Morgan fingerprint density at radius 3 is 2.48 bits per heavy atom. The van der Waals surface area contributed by atoms with Crippen LogP contribution in [0.4, 0.5) is 10.1 Å². The van der Waals surface area contributed by atoms with Crippen molar-refractivity contribution < 1.29 is 14.3 Å². The van der Waals surface area contributed by atoms with E-state index in [1.807, 2.05) is 0 Å². The van der Waals surface area contributed by atoms with Crippen molar-refractivity contribution in [1.29, 1.82) is 5.26 Å². The molecule has 4 nitrogen and oxygen atoms in total. The molecular weight excluding hydrogens is 343 g/mol. The van der Waals surface area contributed by atoms with E-state index < -0.39 is 17.3 Å². The van der Waals surface area contributed by atoms with Gasteiger partial charge in [-0.3, -0.25) is 4.79 Å². The van der Waals surface area contributed by atoms with Crippen molar-refractivity contribution in [2.24, 2.45) is 0 Å². The molecule has 0 bridgehead atoms. The zero-order chi connectivity index (χ0) is 19.0. The van der Waals surface area contributed by atoms with Gasteiger partial charge in [-0.25, -0.2) is 4.39 Å². The first-order chi connectivity index (χ1) is 13.0. The van der Waals surface area contributed by atoms with Gasteiger partial charge >= 0.3 is 0 Å². The minimum Gasteiger partial charge on any atom is -0.372 e. The summed E-state index contributed by atoms with van der Waals surface area (Å²) in [6, 6.07) is 21.4. The highest BCUT2D eigenvalue weighted by atomic mass is 19.1. The predicted octanol–water partition coefficient (Wildman–Crippen LogP) is 3.48. The summed E-state index contributed by atoms with van der Waals surface area (Å²) >= 11 is 0. The van der Waals surface area contributed by atoms with E-state index in [1.54, 1.807) is 54.6 Å². The van der Waals surface area contributed by atoms with Crippen LogP contribution in [0.5, 0.6) is 0 Å². The number of hydrogen-bond donors (Lipinski definition) is 1. The van der Waals surface area contributed by atoms with Crippen molar-refractivity contribution in [2.75, 3.05) is 4.90 Å². The molecule has 0 saturated heterocycles. The average molecular weight is 358 g/mol. The maximum atomic E-state index is 13.7. The van der Waals surface area contributed by atoms with Crippen LogP contribution >= 0.6 is 0 Å². The van der Waals surface area contributed by atoms with Gasteiger partial charge in [0.25, 0.3) is 5.91 Å². The Kier molecular flexibility index (Phi) is 3.98. The number of para-hydroxylation sites is 1. The molecule has 5 heteroatoms. The van der Waals surface area contributed by atoms with Crippen LogP contribution in [0.25, 0.3) is 0 Å². The van der Waals surface area contributed by atoms with Crippen molar-refractivity contribution in [1.82, 2.24) is 0 Å². The highest BCUT2D eigenvalue weighted by Crippen LogP contribution is 2.44. The average Bonchev–Trinajstić information content (AvgIpc) is 2.92. The number of amides is 1. The third kappa shape index (κ3) is 2.67. The molecule has 0 radical (unpaired) electrons. The fourth-order valence-electron chi connectivity index (χ4n) is 3.45. The highest BCUT2D eigenvalue weighted by molar-refractivity contribution is 6.09. The molecule has 1 heterocycles. The molecule has 0 aliphatic carbocycles. The van der Waals surface area contributed by atoms with E-state index >= 15 is 0 Å². The highest BCUT2D eigenvalue weighted by Gasteiger charge is 2.50. The predicted molar refractivity (Wildman–Crippen MR) is 98.2 cm³/mol. The smallest absolute Gasteiger partial charge is 0.268 e. The minimum absolute atomic E-state index is 0.197. The van der Waals surface area contributed by atoms with Gasteiger partial charge in [0.2, 0.25) is 0 Å². The summed E-state index contributed by atoms with van der Waals surface area (Å²) in [5, 5.41) is 20.3. The molecule has 1 aliphatic rings. The van der Waals surface area contributed by atoms with Crippen molar-refractivity contribution in [3.05, 3.63) is 101 Å². The quantitative estimate of drug-likeness (QED) is 0.780. The fraction of sp³-hybridized carbons (Fsp3) is 0.0909. The summed E-state index contributed by atoms with van der Waals surface area (Å²) in [6.45, 7) is 0.235. The fourth-order valence-corrected chi connectivity index (χ4v) is 3.45. The number of nitrogens with zero attached hydrogens (tertiary/aromatic N) is 2. The number of rotatable bonds is 3. The summed E-state index contributed by atoms with van der Waals surface area (Å²) in [4.78, 5) is 14.7. The lowest BCUT2D eigenvalue weighted by molar-refractivity contribution is -0.132. The topological polar surface area (TPSA) is 64.3 Å². The maximum Gasteiger partial charge on any atom is 0.268 e. The Morgan fingerprint density at radius 1 is 1.04 bits per heavy atom. The second-order valence-corrected chi connectivity index (χ2v) is 6.44. The molecule has 3 aromatic rings. The Balaban J connectivity index is 1.79. The number of aliphatic hydroxyl groups is 1. The molecule has 0 fully saturated rings. The van der Waals surface area contributed by atoms with Crippen LogP contribution in [-0.2, 0) is 16.9 Å². The van der Waals surface area contributed by atoms with Crippen molar-refractivity contribution in [3.8, 4) is 6.07 Å². The van der Waals surface area contributed by atoms with E-state index in [4.69, 9.17) is 5.26 Å². The third-order valence-corrected chi connectivity index (χ3v) is 4.81. The van der Waals surface area contributed by atoms with E-state index in [9.17, 15) is 14.3 Å². The molecule has 1 amide bonds. The summed E-state index contributed by atoms with van der Waals surface area (Å²) in [5.41, 5.74) is 0.615. The standard InChI is InChI=1S/C22H15FN2O2/c23-18-5-3-4-17(12-18)22(27)19-6-1-2-7-20(19)25(21(22)26)14-16-10-8-15(13-24)9-11-16/h1-12,27H,14H2/t22-/m0/s1. The van der Waals surface area contributed by atoms with E-state index in [1.165, 1.54) is 23.1 Å². The molecule has 3 aromatic carbocycles. The van der Waals surface area contributed by atoms with Gasteiger partial charge in [-0.1, -0.05) is 42.5 Å². The van der Waals surface area contributed by atoms with E-state index in [-0.39, 0.29) is 12.1 Å². The second kappa shape index (κ2) is 6.35. The van der Waals surface area contributed by atoms with Crippen LogP contribution in [0.3, 0.4) is 0 Å². The van der Waals surface area contributed by atoms with E-state index in [0.29, 0.717) is 16.8 Å². The SMILES string of the molecule is N#Cc1ccc(CN2C(=O)[C@](O)(c3cccc(F)c3)c3ccccc32)cc1. The lowest BCUT2D eigenvalue weighted by Crippen LogP contribution is -2.40. The van der Waals surface area contributed by atoms with Crippen LogP contribution in [0.2, 0.25) is 0 Å². The Labute approximate surface area is 155 Å². The second-order valence-electron chi connectivity index (χ2n) is 6.44. The molecule has 0 aromatic heterocycles. The zero-order valence-electron chi connectivity index (χ0n) is 14.3.